The summed E-state index contributed by atoms with van der Waals surface area (Å²) in [6, 6.07) is 6.88. The fourth-order valence-electron chi connectivity index (χ4n) is 3.96. The number of pyridine rings is 1. The molecule has 0 spiro atoms. The first-order valence-corrected chi connectivity index (χ1v) is 9.82. The van der Waals surface area contributed by atoms with Crippen LogP contribution in [0.25, 0.3) is 0 Å². The molecule has 0 radical (unpaired) electrons. The van der Waals surface area contributed by atoms with E-state index in [1.54, 1.807) is 12.3 Å². The minimum absolute atomic E-state index is 0.0625. The van der Waals surface area contributed by atoms with Crippen molar-refractivity contribution in [3.63, 3.8) is 0 Å². The Kier molecular flexibility index (Phi) is 5.32. The maximum Gasteiger partial charge on any atom is 0.255 e. The second-order valence-electron chi connectivity index (χ2n) is 7.25. The van der Waals surface area contributed by atoms with Gasteiger partial charge < -0.3 is 9.80 Å². The molecule has 0 atom stereocenters. The van der Waals surface area contributed by atoms with Crippen LogP contribution in [-0.2, 0) is 6.42 Å². The number of aromatic nitrogens is 1. The molecule has 6 nitrogen and oxygen atoms in total. The van der Waals surface area contributed by atoms with E-state index in [-0.39, 0.29) is 11.6 Å². The Bertz CT molecular complexity index is 908. The van der Waals surface area contributed by atoms with Crippen molar-refractivity contribution in [3.8, 4) is 0 Å². The number of hydrogen-bond donors (Lipinski definition) is 0. The monoisotopic (exact) mass is 381 g/mol. The number of aryl methyl sites for hydroxylation is 1. The van der Waals surface area contributed by atoms with E-state index in [4.69, 9.17) is 0 Å². The average Bonchev–Trinajstić information content (AvgIpc) is 2.74. The Balaban J connectivity index is 1.61. The lowest BCUT2D eigenvalue weighted by Gasteiger charge is -2.31. The lowest BCUT2D eigenvalue weighted by atomic mass is 10.0. The number of benzene rings is 1. The van der Waals surface area contributed by atoms with Crippen molar-refractivity contribution in [2.75, 3.05) is 31.6 Å². The molecule has 2 aromatic rings. The van der Waals surface area contributed by atoms with Crippen LogP contribution in [0.1, 0.15) is 41.6 Å². The van der Waals surface area contributed by atoms with Crippen LogP contribution < -0.4 is 4.90 Å². The summed E-state index contributed by atoms with van der Waals surface area (Å²) in [5.41, 5.74) is 2.63. The van der Waals surface area contributed by atoms with Crippen molar-refractivity contribution >= 4 is 23.1 Å². The van der Waals surface area contributed by atoms with E-state index in [1.165, 1.54) is 19.5 Å². The quantitative estimate of drug-likeness (QED) is 0.728. The number of rotatable bonds is 3. The largest absolute Gasteiger partial charge is 0.339 e. The smallest absolute Gasteiger partial charge is 0.255 e. The number of hydrogen-bond acceptors (Lipinski definition) is 5. The third-order valence-corrected chi connectivity index (χ3v) is 5.37. The number of amides is 1. The number of carbonyl (C=O) groups excluding carboxylic acids is 1. The van der Waals surface area contributed by atoms with Gasteiger partial charge in [-0.15, -0.1) is 0 Å². The molecule has 1 aromatic heterocycles. The summed E-state index contributed by atoms with van der Waals surface area (Å²) >= 11 is 0. The first kappa shape index (κ1) is 18.5. The third kappa shape index (κ3) is 3.61. The van der Waals surface area contributed by atoms with Crippen molar-refractivity contribution in [3.05, 3.63) is 47.4 Å². The lowest BCUT2D eigenvalue weighted by molar-refractivity contribution is 0.0724. The standard InChI is InChI=1S/C21H24FN5O/c1-23-25-19-8-7-17(13-18(19)22)27-11-5-6-15-12-16(14-24-20(15)27)21(28)26-9-3-2-4-10-26/h7-8,12-14H,2-6,9-11H2,1H3. The van der Waals surface area contributed by atoms with Gasteiger partial charge in [0, 0.05) is 38.6 Å². The normalized spacial score (nSPS) is 17.1. The highest BCUT2D eigenvalue weighted by Crippen LogP contribution is 2.34. The number of fused-ring (bicyclic) bond motifs is 1. The van der Waals surface area contributed by atoms with Gasteiger partial charge in [0.1, 0.15) is 11.5 Å². The zero-order chi connectivity index (χ0) is 19.5. The van der Waals surface area contributed by atoms with Crippen LogP contribution in [0.3, 0.4) is 0 Å². The van der Waals surface area contributed by atoms with Crippen molar-refractivity contribution < 1.29 is 9.18 Å². The number of anilines is 2. The Hall–Kier alpha value is -2.83. The van der Waals surface area contributed by atoms with Crippen LogP contribution in [0.15, 0.2) is 40.7 Å². The van der Waals surface area contributed by atoms with Crippen LogP contribution in [0.2, 0.25) is 0 Å². The summed E-state index contributed by atoms with van der Waals surface area (Å²) in [4.78, 5) is 21.3. The molecule has 1 aromatic carbocycles. The minimum Gasteiger partial charge on any atom is -0.339 e. The maximum absolute atomic E-state index is 14.3. The van der Waals surface area contributed by atoms with Crippen LogP contribution in [0, 0.1) is 5.82 Å². The third-order valence-electron chi connectivity index (χ3n) is 5.37. The van der Waals surface area contributed by atoms with E-state index < -0.39 is 5.82 Å². The molecule has 2 aliphatic rings. The van der Waals surface area contributed by atoms with E-state index in [0.29, 0.717) is 5.56 Å². The van der Waals surface area contributed by atoms with Crippen molar-refractivity contribution in [2.24, 2.45) is 10.2 Å². The summed E-state index contributed by atoms with van der Waals surface area (Å²) in [6.07, 6.45) is 6.77. The number of nitrogens with zero attached hydrogens (tertiary/aromatic N) is 5. The van der Waals surface area contributed by atoms with Crippen molar-refractivity contribution in [1.82, 2.24) is 9.88 Å². The van der Waals surface area contributed by atoms with Gasteiger partial charge in [-0.2, -0.15) is 10.2 Å². The Morgan fingerprint density at radius 3 is 2.68 bits per heavy atom. The van der Waals surface area contributed by atoms with Gasteiger partial charge >= 0.3 is 0 Å². The molecule has 2 aliphatic heterocycles. The molecule has 1 amide bonds. The van der Waals surface area contributed by atoms with Gasteiger partial charge in [0.25, 0.3) is 5.91 Å². The lowest BCUT2D eigenvalue weighted by Crippen LogP contribution is -2.36. The zero-order valence-electron chi connectivity index (χ0n) is 16.1. The van der Waals surface area contributed by atoms with E-state index in [0.717, 1.165) is 62.4 Å². The first-order chi connectivity index (χ1) is 13.7. The van der Waals surface area contributed by atoms with E-state index in [9.17, 15) is 9.18 Å². The Morgan fingerprint density at radius 1 is 1.11 bits per heavy atom. The van der Waals surface area contributed by atoms with Crippen LogP contribution in [0.4, 0.5) is 21.6 Å². The summed E-state index contributed by atoms with van der Waals surface area (Å²) in [5.74, 6) is 0.449. The predicted molar refractivity (Wildman–Crippen MR) is 106 cm³/mol. The molecule has 0 N–H and O–H groups in total. The van der Waals surface area contributed by atoms with Crippen LogP contribution in [0.5, 0.6) is 0 Å². The highest BCUT2D eigenvalue weighted by molar-refractivity contribution is 5.94. The molecule has 0 unspecified atom stereocenters. The zero-order valence-corrected chi connectivity index (χ0v) is 16.1. The van der Waals surface area contributed by atoms with Gasteiger partial charge in [-0.05, 0) is 61.9 Å². The average molecular weight is 381 g/mol. The minimum atomic E-state index is -0.410. The van der Waals surface area contributed by atoms with Crippen molar-refractivity contribution in [2.45, 2.75) is 32.1 Å². The second-order valence-corrected chi connectivity index (χ2v) is 7.25. The molecule has 1 fully saturated rings. The summed E-state index contributed by atoms with van der Waals surface area (Å²) in [5, 5.41) is 7.42. The van der Waals surface area contributed by atoms with Gasteiger partial charge in [-0.3, -0.25) is 4.79 Å². The van der Waals surface area contributed by atoms with Crippen LogP contribution >= 0.6 is 0 Å². The molecule has 0 bridgehead atoms. The summed E-state index contributed by atoms with van der Waals surface area (Å²) < 4.78 is 14.3. The fraction of sp³-hybridized carbons (Fsp3) is 0.429. The summed E-state index contributed by atoms with van der Waals surface area (Å²) in [7, 11) is 1.51. The van der Waals surface area contributed by atoms with Gasteiger partial charge in [0.05, 0.1) is 5.56 Å². The molecular formula is C21H24FN5O. The SMILES string of the molecule is CN=Nc1ccc(N2CCCc3cc(C(=O)N4CCCCC4)cnc32)cc1F. The molecule has 146 valence electrons. The van der Waals surface area contributed by atoms with E-state index in [1.807, 2.05) is 21.9 Å². The van der Waals surface area contributed by atoms with Crippen LogP contribution in [-0.4, -0.2) is 42.5 Å². The number of likely N-dealkylation sites (tertiary alicyclic amines) is 1. The molecule has 7 heteroatoms. The second kappa shape index (κ2) is 8.04. The van der Waals surface area contributed by atoms with Gasteiger partial charge in [0.15, 0.2) is 5.82 Å². The molecule has 0 saturated carbocycles. The molecule has 1 saturated heterocycles. The highest BCUT2D eigenvalue weighted by atomic mass is 19.1. The number of carbonyl (C=O) groups is 1. The Morgan fingerprint density at radius 2 is 1.93 bits per heavy atom. The topological polar surface area (TPSA) is 61.2 Å². The van der Waals surface area contributed by atoms with Crippen molar-refractivity contribution in [1.29, 1.82) is 0 Å². The molecule has 28 heavy (non-hydrogen) atoms. The fourth-order valence-corrected chi connectivity index (χ4v) is 3.96. The van der Waals surface area contributed by atoms with E-state index >= 15 is 0 Å². The van der Waals surface area contributed by atoms with Gasteiger partial charge in [-0.1, -0.05) is 0 Å². The first-order valence-electron chi connectivity index (χ1n) is 9.82. The molecule has 4 rings (SSSR count). The number of halogens is 1. The van der Waals surface area contributed by atoms with E-state index in [2.05, 4.69) is 15.2 Å². The maximum atomic E-state index is 14.3. The predicted octanol–water partition coefficient (Wildman–Crippen LogP) is 4.64. The number of piperidine rings is 1. The molecular weight excluding hydrogens is 357 g/mol. The summed E-state index contributed by atoms with van der Waals surface area (Å²) in [6.45, 7) is 2.40. The van der Waals surface area contributed by atoms with Gasteiger partial charge in [0.2, 0.25) is 0 Å². The number of azo groups is 1. The highest BCUT2D eigenvalue weighted by Gasteiger charge is 2.24. The molecule has 3 heterocycles. The Labute approximate surface area is 164 Å². The van der Waals surface area contributed by atoms with Gasteiger partial charge in [-0.25, -0.2) is 9.37 Å². The molecule has 0 aliphatic carbocycles.